The number of sulfonamides is 1. The molecule has 0 spiro atoms. The lowest BCUT2D eigenvalue weighted by atomic mass is 10.3. The van der Waals surface area contributed by atoms with Crippen molar-refractivity contribution in [1.82, 2.24) is 19.9 Å². The summed E-state index contributed by atoms with van der Waals surface area (Å²) in [6.45, 7) is 4.55. The number of aryl methyl sites for hydroxylation is 1. The summed E-state index contributed by atoms with van der Waals surface area (Å²) in [6, 6.07) is 7.38. The monoisotopic (exact) mass is 350 g/mol. The van der Waals surface area contributed by atoms with Gasteiger partial charge in [-0.15, -0.1) is 10.2 Å². The van der Waals surface area contributed by atoms with Gasteiger partial charge in [0.15, 0.2) is 5.82 Å². The Hall–Kier alpha value is -2.26. The van der Waals surface area contributed by atoms with Gasteiger partial charge in [0.25, 0.3) is 0 Å². The average molecular weight is 350 g/mol. The number of rotatable bonds is 9. The quantitative estimate of drug-likeness (QED) is 0.590. The van der Waals surface area contributed by atoms with Gasteiger partial charge in [0.05, 0.1) is 5.75 Å². The van der Waals surface area contributed by atoms with Crippen LogP contribution >= 0.6 is 0 Å². The second-order valence-corrected chi connectivity index (χ2v) is 7.21. The van der Waals surface area contributed by atoms with Crippen LogP contribution in [0.5, 0.6) is 0 Å². The van der Waals surface area contributed by atoms with E-state index in [2.05, 4.69) is 30.5 Å². The van der Waals surface area contributed by atoms with E-state index in [9.17, 15) is 8.42 Å². The molecule has 9 heteroatoms. The molecule has 3 N–H and O–H groups in total. The lowest BCUT2D eigenvalue weighted by Crippen LogP contribution is -2.30. The molecule has 0 amide bonds. The molecule has 0 aliphatic rings. The van der Waals surface area contributed by atoms with Crippen molar-refractivity contribution < 1.29 is 8.42 Å². The first kappa shape index (κ1) is 18.1. The molecule has 2 aromatic heterocycles. The lowest BCUT2D eigenvalue weighted by Gasteiger charge is -2.08. The molecular formula is C15H22N6O2S. The Morgan fingerprint density at radius 3 is 2.46 bits per heavy atom. The zero-order valence-corrected chi connectivity index (χ0v) is 14.6. The SMILES string of the molecule is CCCS(=O)(=O)NCCNc1ccc(Nc2cc(C)ccn2)nn1. The van der Waals surface area contributed by atoms with Crippen molar-refractivity contribution in [3.05, 3.63) is 36.0 Å². The third-order valence-corrected chi connectivity index (χ3v) is 4.65. The summed E-state index contributed by atoms with van der Waals surface area (Å²) >= 11 is 0. The standard InChI is InChI=1S/C15H22N6O2S/c1-3-10-24(22,23)18-9-8-17-13-4-5-14(21-20-13)19-15-11-12(2)6-7-16-15/h4-7,11,18H,3,8-10H2,1-2H3,(H,17,20)(H,16,19,21). The number of nitrogens with zero attached hydrogens (tertiary/aromatic N) is 3. The molecule has 0 saturated heterocycles. The van der Waals surface area contributed by atoms with Crippen LogP contribution in [0.3, 0.4) is 0 Å². The molecule has 2 aromatic rings. The van der Waals surface area contributed by atoms with E-state index in [1.807, 2.05) is 26.0 Å². The second kappa shape index (κ2) is 8.55. The van der Waals surface area contributed by atoms with Crippen LogP contribution in [0.1, 0.15) is 18.9 Å². The molecule has 0 aliphatic carbocycles. The molecule has 24 heavy (non-hydrogen) atoms. The lowest BCUT2D eigenvalue weighted by molar-refractivity contribution is 0.581. The van der Waals surface area contributed by atoms with Crippen LogP contribution < -0.4 is 15.4 Å². The predicted octanol–water partition coefficient (Wildman–Crippen LogP) is 1.66. The largest absolute Gasteiger partial charge is 0.367 e. The molecule has 8 nitrogen and oxygen atoms in total. The van der Waals surface area contributed by atoms with E-state index >= 15 is 0 Å². The summed E-state index contributed by atoms with van der Waals surface area (Å²) in [5, 5.41) is 14.2. The third kappa shape index (κ3) is 6.09. The van der Waals surface area contributed by atoms with Gasteiger partial charge in [-0.2, -0.15) is 0 Å². The summed E-state index contributed by atoms with van der Waals surface area (Å²) in [6.07, 6.45) is 2.32. The number of nitrogens with one attached hydrogen (secondary N) is 3. The average Bonchev–Trinajstić information content (AvgIpc) is 2.53. The topological polar surface area (TPSA) is 109 Å². The van der Waals surface area contributed by atoms with E-state index in [1.165, 1.54) is 0 Å². The normalized spacial score (nSPS) is 11.2. The molecule has 2 heterocycles. The Balaban J connectivity index is 1.80. The van der Waals surface area contributed by atoms with Crippen molar-refractivity contribution in [3.8, 4) is 0 Å². The maximum absolute atomic E-state index is 11.5. The summed E-state index contributed by atoms with van der Waals surface area (Å²) in [4.78, 5) is 4.20. The second-order valence-electron chi connectivity index (χ2n) is 5.29. The predicted molar refractivity (Wildman–Crippen MR) is 94.9 cm³/mol. The summed E-state index contributed by atoms with van der Waals surface area (Å²) < 4.78 is 25.5. The van der Waals surface area contributed by atoms with Crippen LogP contribution in [-0.2, 0) is 10.0 Å². The Bertz CT molecular complexity index is 749. The first-order valence-electron chi connectivity index (χ1n) is 7.73. The zero-order valence-electron chi connectivity index (χ0n) is 13.8. The van der Waals surface area contributed by atoms with E-state index in [4.69, 9.17) is 0 Å². The maximum atomic E-state index is 11.5. The van der Waals surface area contributed by atoms with Gasteiger partial charge < -0.3 is 10.6 Å². The Labute approximate surface area is 142 Å². The highest BCUT2D eigenvalue weighted by molar-refractivity contribution is 7.89. The fourth-order valence-electron chi connectivity index (χ4n) is 1.97. The Morgan fingerprint density at radius 2 is 1.79 bits per heavy atom. The van der Waals surface area contributed by atoms with Gasteiger partial charge in [-0.3, -0.25) is 0 Å². The van der Waals surface area contributed by atoms with Crippen LogP contribution in [-0.4, -0.2) is 42.4 Å². The van der Waals surface area contributed by atoms with Crippen LogP contribution in [0.15, 0.2) is 30.5 Å². The number of aromatic nitrogens is 3. The first-order valence-corrected chi connectivity index (χ1v) is 9.38. The summed E-state index contributed by atoms with van der Waals surface area (Å²) in [7, 11) is -3.17. The Kier molecular flexibility index (Phi) is 6.44. The minimum Gasteiger partial charge on any atom is -0.367 e. The van der Waals surface area contributed by atoms with Gasteiger partial charge in [0.2, 0.25) is 10.0 Å². The Morgan fingerprint density at radius 1 is 1.04 bits per heavy atom. The van der Waals surface area contributed by atoms with Crippen molar-refractivity contribution >= 4 is 27.5 Å². The van der Waals surface area contributed by atoms with E-state index in [0.717, 1.165) is 5.56 Å². The van der Waals surface area contributed by atoms with Crippen molar-refractivity contribution in [2.45, 2.75) is 20.3 Å². The summed E-state index contributed by atoms with van der Waals surface area (Å²) in [5.74, 6) is 2.00. The highest BCUT2D eigenvalue weighted by Gasteiger charge is 2.07. The van der Waals surface area contributed by atoms with Crippen molar-refractivity contribution in [3.63, 3.8) is 0 Å². The minimum atomic E-state index is -3.17. The molecule has 0 fully saturated rings. The maximum Gasteiger partial charge on any atom is 0.211 e. The number of anilines is 3. The molecule has 0 saturated carbocycles. The van der Waals surface area contributed by atoms with E-state index in [-0.39, 0.29) is 5.75 Å². The fraction of sp³-hybridized carbons (Fsp3) is 0.400. The summed E-state index contributed by atoms with van der Waals surface area (Å²) in [5.41, 5.74) is 1.10. The molecule has 130 valence electrons. The van der Waals surface area contributed by atoms with Crippen LogP contribution in [0.25, 0.3) is 0 Å². The molecule has 0 aromatic carbocycles. The number of hydrogen-bond acceptors (Lipinski definition) is 7. The van der Waals surface area contributed by atoms with E-state index in [0.29, 0.717) is 37.0 Å². The highest BCUT2D eigenvalue weighted by atomic mass is 32.2. The molecule has 0 aliphatic heterocycles. The van der Waals surface area contributed by atoms with Gasteiger partial charge in [-0.05, 0) is 43.2 Å². The number of hydrogen-bond donors (Lipinski definition) is 3. The molecule has 2 rings (SSSR count). The minimum absolute atomic E-state index is 0.139. The van der Waals surface area contributed by atoms with Crippen molar-refractivity contribution in [2.24, 2.45) is 0 Å². The van der Waals surface area contributed by atoms with E-state index in [1.54, 1.807) is 18.3 Å². The van der Waals surface area contributed by atoms with Gasteiger partial charge in [0.1, 0.15) is 11.6 Å². The van der Waals surface area contributed by atoms with Gasteiger partial charge in [0, 0.05) is 19.3 Å². The zero-order chi connectivity index (χ0) is 17.4. The van der Waals surface area contributed by atoms with Crippen molar-refractivity contribution in [2.75, 3.05) is 29.5 Å². The number of pyridine rings is 1. The third-order valence-electron chi connectivity index (χ3n) is 3.06. The smallest absolute Gasteiger partial charge is 0.211 e. The molecule has 0 atom stereocenters. The van der Waals surface area contributed by atoms with Crippen LogP contribution in [0.2, 0.25) is 0 Å². The molecule has 0 bridgehead atoms. The molecule has 0 radical (unpaired) electrons. The fourth-order valence-corrected chi connectivity index (χ4v) is 3.06. The van der Waals surface area contributed by atoms with E-state index < -0.39 is 10.0 Å². The van der Waals surface area contributed by atoms with Gasteiger partial charge in [-0.1, -0.05) is 6.92 Å². The van der Waals surface area contributed by atoms with Crippen LogP contribution in [0, 0.1) is 6.92 Å². The highest BCUT2D eigenvalue weighted by Crippen LogP contribution is 2.13. The van der Waals surface area contributed by atoms with Crippen molar-refractivity contribution in [1.29, 1.82) is 0 Å². The molecule has 0 unspecified atom stereocenters. The van der Waals surface area contributed by atoms with Crippen LogP contribution in [0.4, 0.5) is 17.5 Å². The van der Waals surface area contributed by atoms with Gasteiger partial charge in [-0.25, -0.2) is 18.1 Å². The first-order chi connectivity index (χ1) is 11.5. The van der Waals surface area contributed by atoms with Gasteiger partial charge >= 0.3 is 0 Å². The molecular weight excluding hydrogens is 328 g/mol.